The highest BCUT2D eigenvalue weighted by atomic mass is 16.5. The zero-order chi connectivity index (χ0) is 16.4. The molecule has 0 radical (unpaired) electrons. The number of benzene rings is 1. The summed E-state index contributed by atoms with van der Waals surface area (Å²) < 4.78 is 10.9. The van der Waals surface area contributed by atoms with E-state index in [2.05, 4.69) is 24.0 Å². The highest BCUT2D eigenvalue weighted by molar-refractivity contribution is 5.99. The smallest absolute Gasteiger partial charge is 0.267 e. The van der Waals surface area contributed by atoms with Gasteiger partial charge in [-0.3, -0.25) is 4.79 Å². The number of carbonyl (C=O) groups excluding carboxylic acids is 1. The second kappa shape index (κ2) is 6.40. The molecule has 1 aromatic heterocycles. The van der Waals surface area contributed by atoms with Crippen molar-refractivity contribution < 1.29 is 14.1 Å². The lowest BCUT2D eigenvalue weighted by Crippen LogP contribution is -2.45. The Hall–Kier alpha value is -2.37. The SMILES string of the molecule is CC(C)Cc1noc(CCN2C(=O)C(C)Oc3ccccc32)n1. The second-order valence-electron chi connectivity index (χ2n) is 6.17. The average Bonchev–Trinajstić information content (AvgIpc) is 2.94. The molecule has 1 aromatic carbocycles. The van der Waals surface area contributed by atoms with E-state index in [0.717, 1.165) is 23.7 Å². The zero-order valence-corrected chi connectivity index (χ0v) is 13.7. The van der Waals surface area contributed by atoms with Gasteiger partial charge in [0.25, 0.3) is 5.91 Å². The first kappa shape index (κ1) is 15.5. The van der Waals surface area contributed by atoms with E-state index in [1.54, 1.807) is 11.8 Å². The number of carbonyl (C=O) groups is 1. The van der Waals surface area contributed by atoms with Crippen molar-refractivity contribution in [1.82, 2.24) is 10.1 Å². The van der Waals surface area contributed by atoms with Crippen LogP contribution < -0.4 is 9.64 Å². The van der Waals surface area contributed by atoms with Crippen LogP contribution in [-0.4, -0.2) is 28.7 Å². The van der Waals surface area contributed by atoms with E-state index < -0.39 is 6.10 Å². The third kappa shape index (κ3) is 3.36. The molecule has 0 spiro atoms. The summed E-state index contributed by atoms with van der Waals surface area (Å²) in [4.78, 5) is 18.5. The molecule has 2 aromatic rings. The summed E-state index contributed by atoms with van der Waals surface area (Å²) in [5, 5.41) is 3.98. The van der Waals surface area contributed by atoms with Gasteiger partial charge < -0.3 is 14.2 Å². The number of rotatable bonds is 5. The van der Waals surface area contributed by atoms with Crippen molar-refractivity contribution in [2.24, 2.45) is 5.92 Å². The minimum Gasteiger partial charge on any atom is -0.479 e. The highest BCUT2D eigenvalue weighted by Crippen LogP contribution is 2.33. The molecule has 6 nitrogen and oxygen atoms in total. The molecule has 6 heteroatoms. The summed E-state index contributed by atoms with van der Waals surface area (Å²) in [6.45, 7) is 6.48. The fourth-order valence-corrected chi connectivity index (χ4v) is 2.64. The summed E-state index contributed by atoms with van der Waals surface area (Å²) in [6, 6.07) is 7.55. The summed E-state index contributed by atoms with van der Waals surface area (Å²) in [5.41, 5.74) is 0.789. The summed E-state index contributed by atoms with van der Waals surface area (Å²) in [7, 11) is 0. The Morgan fingerprint density at radius 3 is 2.87 bits per heavy atom. The standard InChI is InChI=1S/C17H21N3O3/c1-11(2)10-15-18-16(23-19-15)8-9-20-13-6-4-5-7-14(13)22-12(3)17(20)21/h4-7,11-12H,8-10H2,1-3H3. The number of hydrogen-bond donors (Lipinski definition) is 0. The first-order valence-corrected chi connectivity index (χ1v) is 7.93. The van der Waals surface area contributed by atoms with Crippen LogP contribution >= 0.6 is 0 Å². The van der Waals surface area contributed by atoms with Gasteiger partial charge >= 0.3 is 0 Å². The second-order valence-corrected chi connectivity index (χ2v) is 6.17. The maximum Gasteiger partial charge on any atom is 0.267 e. The third-order valence-electron chi connectivity index (χ3n) is 3.72. The zero-order valence-electron chi connectivity index (χ0n) is 13.7. The maximum atomic E-state index is 12.4. The Bertz CT molecular complexity index is 696. The van der Waals surface area contributed by atoms with Crippen molar-refractivity contribution in [2.45, 2.75) is 39.7 Å². The third-order valence-corrected chi connectivity index (χ3v) is 3.72. The predicted octanol–water partition coefficient (Wildman–Crippen LogP) is 2.62. The Labute approximate surface area is 135 Å². The van der Waals surface area contributed by atoms with Crippen molar-refractivity contribution in [3.05, 3.63) is 36.0 Å². The van der Waals surface area contributed by atoms with Crippen molar-refractivity contribution in [2.75, 3.05) is 11.4 Å². The number of hydrogen-bond acceptors (Lipinski definition) is 5. The van der Waals surface area contributed by atoms with E-state index >= 15 is 0 Å². The van der Waals surface area contributed by atoms with Gasteiger partial charge in [0.15, 0.2) is 11.9 Å². The monoisotopic (exact) mass is 315 g/mol. The molecule has 1 atom stereocenters. The van der Waals surface area contributed by atoms with Gasteiger partial charge in [-0.25, -0.2) is 0 Å². The summed E-state index contributed by atoms with van der Waals surface area (Å²) in [5.74, 6) is 2.44. The van der Waals surface area contributed by atoms with Crippen LogP contribution in [0.5, 0.6) is 5.75 Å². The van der Waals surface area contributed by atoms with Crippen LogP contribution in [0.1, 0.15) is 32.5 Å². The van der Waals surface area contributed by atoms with Crippen LogP contribution in [0.4, 0.5) is 5.69 Å². The van der Waals surface area contributed by atoms with Crippen molar-refractivity contribution >= 4 is 11.6 Å². The Morgan fingerprint density at radius 1 is 1.30 bits per heavy atom. The van der Waals surface area contributed by atoms with Gasteiger partial charge in [0, 0.05) is 19.4 Å². The largest absolute Gasteiger partial charge is 0.479 e. The van der Waals surface area contributed by atoms with Crippen LogP contribution in [0.25, 0.3) is 0 Å². The van der Waals surface area contributed by atoms with Crippen LogP contribution in [0, 0.1) is 5.92 Å². The number of nitrogens with zero attached hydrogens (tertiary/aromatic N) is 3. The first-order valence-electron chi connectivity index (χ1n) is 7.93. The molecule has 0 saturated carbocycles. The number of fused-ring (bicyclic) bond motifs is 1. The van der Waals surface area contributed by atoms with Gasteiger partial charge in [-0.15, -0.1) is 0 Å². The van der Waals surface area contributed by atoms with Gasteiger partial charge in [0.1, 0.15) is 5.75 Å². The van der Waals surface area contributed by atoms with Crippen molar-refractivity contribution in [3.63, 3.8) is 0 Å². The van der Waals surface area contributed by atoms with Crippen molar-refractivity contribution in [1.29, 1.82) is 0 Å². The fourth-order valence-electron chi connectivity index (χ4n) is 2.64. The van der Waals surface area contributed by atoms with Crippen LogP contribution in [0.3, 0.4) is 0 Å². The minimum absolute atomic E-state index is 0.0504. The number of para-hydroxylation sites is 2. The molecule has 0 fully saturated rings. The fraction of sp³-hybridized carbons (Fsp3) is 0.471. The average molecular weight is 315 g/mol. The molecule has 0 aliphatic carbocycles. The van der Waals surface area contributed by atoms with Gasteiger partial charge in [-0.2, -0.15) is 4.98 Å². The van der Waals surface area contributed by atoms with E-state index in [1.165, 1.54) is 0 Å². The van der Waals surface area contributed by atoms with E-state index in [1.807, 2.05) is 24.3 Å². The summed E-state index contributed by atoms with van der Waals surface area (Å²) >= 11 is 0. The maximum absolute atomic E-state index is 12.4. The molecule has 1 unspecified atom stereocenters. The quantitative estimate of drug-likeness (QED) is 0.848. The Kier molecular flexibility index (Phi) is 4.32. The van der Waals surface area contributed by atoms with Crippen LogP contribution in [-0.2, 0) is 17.6 Å². The molecule has 0 bridgehead atoms. The van der Waals surface area contributed by atoms with E-state index in [-0.39, 0.29) is 5.91 Å². The lowest BCUT2D eigenvalue weighted by atomic mass is 10.1. The predicted molar refractivity (Wildman–Crippen MR) is 85.4 cm³/mol. The molecule has 2 heterocycles. The molecule has 0 saturated heterocycles. The molecule has 0 N–H and O–H groups in total. The van der Waals surface area contributed by atoms with Crippen LogP contribution in [0.2, 0.25) is 0 Å². The van der Waals surface area contributed by atoms with Gasteiger partial charge in [-0.1, -0.05) is 31.1 Å². The lowest BCUT2D eigenvalue weighted by Gasteiger charge is -2.32. The Balaban J connectivity index is 1.72. The molecule has 122 valence electrons. The molecule has 1 amide bonds. The molecule has 1 aliphatic rings. The normalized spacial score (nSPS) is 17.3. The highest BCUT2D eigenvalue weighted by Gasteiger charge is 2.31. The number of amides is 1. The van der Waals surface area contributed by atoms with Gasteiger partial charge in [0.05, 0.1) is 5.69 Å². The molecular formula is C17H21N3O3. The van der Waals surface area contributed by atoms with Gasteiger partial charge in [-0.05, 0) is 25.0 Å². The molecular weight excluding hydrogens is 294 g/mol. The molecule has 1 aliphatic heterocycles. The topological polar surface area (TPSA) is 68.5 Å². The minimum atomic E-state index is -0.482. The van der Waals surface area contributed by atoms with Crippen molar-refractivity contribution in [3.8, 4) is 5.75 Å². The summed E-state index contributed by atoms with van der Waals surface area (Å²) in [6.07, 6.45) is 0.835. The lowest BCUT2D eigenvalue weighted by molar-refractivity contribution is -0.125. The number of aromatic nitrogens is 2. The molecule has 3 rings (SSSR count). The number of ether oxygens (including phenoxy) is 1. The van der Waals surface area contributed by atoms with E-state index in [9.17, 15) is 4.79 Å². The van der Waals surface area contributed by atoms with E-state index in [0.29, 0.717) is 24.8 Å². The van der Waals surface area contributed by atoms with E-state index in [4.69, 9.17) is 9.26 Å². The molecule has 23 heavy (non-hydrogen) atoms. The Morgan fingerprint density at radius 2 is 2.09 bits per heavy atom. The first-order chi connectivity index (χ1) is 11.0. The number of anilines is 1. The van der Waals surface area contributed by atoms with Gasteiger partial charge in [0.2, 0.25) is 5.89 Å². The van der Waals surface area contributed by atoms with Crippen LogP contribution in [0.15, 0.2) is 28.8 Å².